The Morgan fingerprint density at radius 3 is 2.17 bits per heavy atom. The van der Waals surface area contributed by atoms with Crippen LogP contribution in [0.5, 0.6) is 0 Å². The van der Waals surface area contributed by atoms with Gasteiger partial charge in [-0.15, -0.1) is 0 Å². The molecular formula is C20H33N3O. The average Bonchev–Trinajstić information content (AvgIpc) is 2.92. The maximum absolute atomic E-state index is 12.6. The number of hydrogen-bond donors (Lipinski definition) is 1. The molecule has 4 nitrogen and oxygen atoms in total. The fraction of sp³-hybridized carbons (Fsp3) is 0.700. The van der Waals surface area contributed by atoms with Gasteiger partial charge in [-0.05, 0) is 26.3 Å². The minimum absolute atomic E-state index is 0.0952. The number of aryl methyl sites for hydroxylation is 2. The molecule has 134 valence electrons. The number of hydrogen-bond acceptors (Lipinski definition) is 2. The van der Waals surface area contributed by atoms with Gasteiger partial charge in [0.25, 0.3) is 5.56 Å². The summed E-state index contributed by atoms with van der Waals surface area (Å²) < 4.78 is 1.83. The second-order valence-electron chi connectivity index (χ2n) is 7.01. The normalized spacial score (nSPS) is 11.5. The first-order valence-corrected chi connectivity index (χ1v) is 9.70. The number of nitrogens with zero attached hydrogens (tertiary/aromatic N) is 2. The molecule has 2 aromatic heterocycles. The third-order valence-electron chi connectivity index (χ3n) is 4.81. The third kappa shape index (κ3) is 5.22. The zero-order valence-electron chi connectivity index (χ0n) is 15.7. The molecular weight excluding hydrogens is 298 g/mol. The van der Waals surface area contributed by atoms with Crippen LogP contribution in [0.3, 0.4) is 0 Å². The van der Waals surface area contributed by atoms with Gasteiger partial charge in [0.15, 0.2) is 0 Å². The fourth-order valence-corrected chi connectivity index (χ4v) is 3.36. The van der Waals surface area contributed by atoms with Gasteiger partial charge in [0.2, 0.25) is 0 Å². The first kappa shape index (κ1) is 18.8. The standard InChI is InChI=1S/C20H33N3O/c1-4-5-6-7-8-9-10-11-12-13-14-23-17(3)22-19-18(20(23)24)15-16(2)21-19/h15,21H,4-14H2,1-3H3. The summed E-state index contributed by atoms with van der Waals surface area (Å²) in [4.78, 5) is 20.2. The van der Waals surface area contributed by atoms with Gasteiger partial charge >= 0.3 is 0 Å². The van der Waals surface area contributed by atoms with Crippen molar-refractivity contribution in [3.05, 3.63) is 27.9 Å². The lowest BCUT2D eigenvalue weighted by molar-refractivity contribution is 0.524. The SMILES string of the molecule is CCCCCCCCCCCCn1c(C)nc2[nH]c(C)cc2c1=O. The van der Waals surface area contributed by atoms with Crippen molar-refractivity contribution < 1.29 is 0 Å². The van der Waals surface area contributed by atoms with Crippen molar-refractivity contribution >= 4 is 11.0 Å². The van der Waals surface area contributed by atoms with E-state index in [2.05, 4.69) is 16.9 Å². The molecule has 0 aliphatic rings. The number of aromatic nitrogens is 3. The Balaban J connectivity index is 1.71. The molecule has 4 heteroatoms. The van der Waals surface area contributed by atoms with Crippen molar-refractivity contribution in [2.45, 2.75) is 91.5 Å². The van der Waals surface area contributed by atoms with E-state index in [4.69, 9.17) is 0 Å². The van der Waals surface area contributed by atoms with Gasteiger partial charge in [0.1, 0.15) is 11.5 Å². The van der Waals surface area contributed by atoms with Crippen LogP contribution >= 0.6 is 0 Å². The van der Waals surface area contributed by atoms with Gasteiger partial charge in [-0.3, -0.25) is 9.36 Å². The summed E-state index contributed by atoms with van der Waals surface area (Å²) in [7, 11) is 0. The molecule has 0 saturated carbocycles. The molecule has 0 saturated heterocycles. The molecule has 2 aromatic rings. The van der Waals surface area contributed by atoms with E-state index in [0.29, 0.717) is 11.0 Å². The second-order valence-corrected chi connectivity index (χ2v) is 7.01. The van der Waals surface area contributed by atoms with E-state index >= 15 is 0 Å². The molecule has 0 amide bonds. The van der Waals surface area contributed by atoms with Crippen molar-refractivity contribution in [2.75, 3.05) is 0 Å². The molecule has 2 heterocycles. The van der Waals surface area contributed by atoms with Crippen molar-refractivity contribution in [1.29, 1.82) is 0 Å². The molecule has 1 N–H and O–H groups in total. The average molecular weight is 332 g/mol. The Labute approximate surface area is 145 Å². The molecule has 0 unspecified atom stereocenters. The van der Waals surface area contributed by atoms with Gasteiger partial charge in [0.05, 0.1) is 5.39 Å². The number of unbranched alkanes of at least 4 members (excludes halogenated alkanes) is 9. The number of aromatic amines is 1. The molecule has 0 fully saturated rings. The number of H-pyrrole nitrogens is 1. The van der Waals surface area contributed by atoms with Gasteiger partial charge in [-0.25, -0.2) is 4.98 Å². The van der Waals surface area contributed by atoms with E-state index in [1.807, 2.05) is 24.5 Å². The highest BCUT2D eigenvalue weighted by Crippen LogP contribution is 2.12. The lowest BCUT2D eigenvalue weighted by atomic mass is 10.1. The van der Waals surface area contributed by atoms with Gasteiger partial charge in [-0.2, -0.15) is 0 Å². The maximum Gasteiger partial charge on any atom is 0.263 e. The van der Waals surface area contributed by atoms with Crippen LogP contribution in [-0.4, -0.2) is 14.5 Å². The van der Waals surface area contributed by atoms with Crippen LogP contribution in [-0.2, 0) is 6.54 Å². The predicted octanol–water partition coefficient (Wildman–Crippen LogP) is 5.26. The smallest absolute Gasteiger partial charge is 0.263 e. The molecule has 0 aliphatic heterocycles. The van der Waals surface area contributed by atoms with E-state index in [1.165, 1.54) is 57.8 Å². The summed E-state index contributed by atoms with van der Waals surface area (Å²) in [5, 5.41) is 0.713. The highest BCUT2D eigenvalue weighted by atomic mass is 16.1. The van der Waals surface area contributed by atoms with E-state index < -0.39 is 0 Å². The van der Waals surface area contributed by atoms with Crippen LogP contribution < -0.4 is 5.56 Å². The first-order valence-electron chi connectivity index (χ1n) is 9.70. The zero-order valence-corrected chi connectivity index (χ0v) is 15.7. The third-order valence-corrected chi connectivity index (χ3v) is 4.81. The number of nitrogens with one attached hydrogen (secondary N) is 1. The minimum atomic E-state index is 0.0952. The van der Waals surface area contributed by atoms with Crippen molar-refractivity contribution in [3.8, 4) is 0 Å². The monoisotopic (exact) mass is 331 g/mol. The van der Waals surface area contributed by atoms with Crippen LogP contribution in [0.1, 0.15) is 82.7 Å². The Kier molecular flexibility index (Phi) is 7.54. The highest BCUT2D eigenvalue weighted by molar-refractivity contribution is 5.75. The Bertz CT molecular complexity index is 684. The summed E-state index contributed by atoms with van der Waals surface area (Å²) in [5.41, 5.74) is 1.80. The van der Waals surface area contributed by atoms with Crippen molar-refractivity contribution in [1.82, 2.24) is 14.5 Å². The van der Waals surface area contributed by atoms with E-state index in [9.17, 15) is 4.79 Å². The van der Waals surface area contributed by atoms with Crippen molar-refractivity contribution in [2.24, 2.45) is 0 Å². The number of fused-ring (bicyclic) bond motifs is 1. The van der Waals surface area contributed by atoms with Crippen LogP contribution in [0, 0.1) is 13.8 Å². The van der Waals surface area contributed by atoms with Gasteiger partial charge in [0, 0.05) is 12.2 Å². The molecule has 0 atom stereocenters. The minimum Gasteiger partial charge on any atom is -0.343 e. The largest absolute Gasteiger partial charge is 0.343 e. The first-order chi connectivity index (χ1) is 11.6. The predicted molar refractivity (Wildman–Crippen MR) is 102 cm³/mol. The topological polar surface area (TPSA) is 50.7 Å². The van der Waals surface area contributed by atoms with E-state index in [0.717, 1.165) is 24.5 Å². The summed E-state index contributed by atoms with van der Waals surface area (Å²) in [6, 6.07) is 1.90. The van der Waals surface area contributed by atoms with Crippen LogP contribution in [0.2, 0.25) is 0 Å². The second kappa shape index (κ2) is 9.65. The Hall–Kier alpha value is -1.58. The molecule has 0 aliphatic carbocycles. The molecule has 0 radical (unpaired) electrons. The molecule has 0 aromatic carbocycles. The maximum atomic E-state index is 12.6. The van der Waals surface area contributed by atoms with Crippen LogP contribution in [0.4, 0.5) is 0 Å². The molecule has 24 heavy (non-hydrogen) atoms. The molecule has 0 bridgehead atoms. The Morgan fingerprint density at radius 1 is 0.958 bits per heavy atom. The summed E-state index contributed by atoms with van der Waals surface area (Å²) in [5.74, 6) is 0.810. The van der Waals surface area contributed by atoms with Gasteiger partial charge < -0.3 is 4.98 Å². The fourth-order valence-electron chi connectivity index (χ4n) is 3.36. The van der Waals surface area contributed by atoms with E-state index in [1.54, 1.807) is 0 Å². The van der Waals surface area contributed by atoms with Gasteiger partial charge in [-0.1, -0.05) is 64.7 Å². The summed E-state index contributed by atoms with van der Waals surface area (Å²) in [6.45, 7) is 6.93. The Morgan fingerprint density at radius 2 is 1.54 bits per heavy atom. The molecule has 2 rings (SSSR count). The van der Waals surface area contributed by atoms with Crippen molar-refractivity contribution in [3.63, 3.8) is 0 Å². The van der Waals surface area contributed by atoms with Crippen LogP contribution in [0.25, 0.3) is 11.0 Å². The molecule has 0 spiro atoms. The summed E-state index contributed by atoms with van der Waals surface area (Å²) in [6.07, 6.45) is 13.1. The van der Waals surface area contributed by atoms with Crippen LogP contribution in [0.15, 0.2) is 10.9 Å². The number of rotatable bonds is 11. The highest BCUT2D eigenvalue weighted by Gasteiger charge is 2.09. The zero-order chi connectivity index (χ0) is 17.4. The van der Waals surface area contributed by atoms with E-state index in [-0.39, 0.29) is 5.56 Å². The lowest BCUT2D eigenvalue weighted by Gasteiger charge is -2.09. The summed E-state index contributed by atoms with van der Waals surface area (Å²) >= 11 is 0. The lowest BCUT2D eigenvalue weighted by Crippen LogP contribution is -2.23. The quantitative estimate of drug-likeness (QED) is 0.571.